The van der Waals surface area contributed by atoms with Crippen LogP contribution in [-0.2, 0) is 9.59 Å². The Hall–Kier alpha value is -1.14. The number of carbonyl (C=O) groups is 2. The Bertz CT molecular complexity index is 360. The minimum absolute atomic E-state index is 0.0130. The van der Waals surface area contributed by atoms with E-state index in [0.717, 1.165) is 19.5 Å². The van der Waals surface area contributed by atoms with Crippen LogP contribution in [0.5, 0.6) is 0 Å². The normalized spacial score (nSPS) is 23.1. The molecule has 1 saturated heterocycles. The van der Waals surface area contributed by atoms with Gasteiger partial charge in [0.15, 0.2) is 0 Å². The van der Waals surface area contributed by atoms with E-state index in [1.54, 1.807) is 4.90 Å². The van der Waals surface area contributed by atoms with Gasteiger partial charge in [0.05, 0.1) is 13.1 Å². The van der Waals surface area contributed by atoms with Gasteiger partial charge in [0.25, 0.3) is 0 Å². The highest BCUT2D eigenvalue weighted by molar-refractivity contribution is 5.85. The summed E-state index contributed by atoms with van der Waals surface area (Å²) in [5.41, 5.74) is 5.99. The maximum atomic E-state index is 12.3. The van der Waals surface area contributed by atoms with Crippen LogP contribution >= 0.6 is 0 Å². The van der Waals surface area contributed by atoms with Gasteiger partial charge in [0.2, 0.25) is 11.8 Å². The number of nitrogens with one attached hydrogen (secondary N) is 1. The van der Waals surface area contributed by atoms with Gasteiger partial charge in [-0.1, -0.05) is 6.92 Å². The molecule has 0 aromatic rings. The Labute approximate surface area is 128 Å². The van der Waals surface area contributed by atoms with Crippen molar-refractivity contribution >= 4 is 11.8 Å². The lowest BCUT2D eigenvalue weighted by molar-refractivity contribution is -0.137. The summed E-state index contributed by atoms with van der Waals surface area (Å²) in [7, 11) is 0. The van der Waals surface area contributed by atoms with E-state index < -0.39 is 0 Å². The lowest BCUT2D eigenvalue weighted by Crippen LogP contribution is -2.51. The van der Waals surface area contributed by atoms with Crippen LogP contribution < -0.4 is 11.1 Å². The molecule has 3 N–H and O–H groups in total. The number of nitrogens with two attached hydrogens (primary N) is 1. The van der Waals surface area contributed by atoms with Crippen molar-refractivity contribution in [2.24, 2.45) is 11.7 Å². The molecular formula is C15H30N4O2. The first kappa shape index (κ1) is 17.9. The third-order valence-electron chi connectivity index (χ3n) is 3.93. The van der Waals surface area contributed by atoms with Gasteiger partial charge in [-0.2, -0.15) is 0 Å². The number of nitrogens with zero attached hydrogens (tertiary/aromatic N) is 2. The van der Waals surface area contributed by atoms with E-state index in [9.17, 15) is 9.59 Å². The molecule has 1 fully saturated rings. The number of carbonyl (C=O) groups excluding carboxylic acids is 2. The molecule has 21 heavy (non-hydrogen) atoms. The predicted molar refractivity (Wildman–Crippen MR) is 83.7 cm³/mol. The largest absolute Gasteiger partial charge is 0.352 e. The van der Waals surface area contributed by atoms with E-state index in [-0.39, 0.29) is 30.4 Å². The third-order valence-corrected chi connectivity index (χ3v) is 3.93. The molecule has 0 aliphatic carbocycles. The Balaban J connectivity index is 2.46. The average Bonchev–Trinajstić information content (AvgIpc) is 2.39. The number of amides is 2. The fourth-order valence-corrected chi connectivity index (χ4v) is 2.60. The molecule has 2 unspecified atom stereocenters. The SMILES string of the molecule is CCN(CC(=O)NC(C)C)C(=O)CN1CCC(N)C(C)C1. The van der Waals surface area contributed by atoms with Crippen molar-refractivity contribution in [2.75, 3.05) is 32.7 Å². The standard InChI is InChI=1S/C15H30N4O2/c1-5-19(9-14(20)17-11(2)3)15(21)10-18-7-6-13(16)12(4)8-18/h11-13H,5-10,16H2,1-4H3,(H,17,20). The molecule has 0 spiro atoms. The van der Waals surface area contributed by atoms with Crippen molar-refractivity contribution in [2.45, 2.75) is 46.2 Å². The highest BCUT2D eigenvalue weighted by Gasteiger charge is 2.26. The number of hydrogen-bond donors (Lipinski definition) is 2. The Morgan fingerprint density at radius 2 is 2.10 bits per heavy atom. The topological polar surface area (TPSA) is 78.7 Å². The summed E-state index contributed by atoms with van der Waals surface area (Å²) >= 11 is 0. The van der Waals surface area contributed by atoms with Crippen LogP contribution in [-0.4, -0.2) is 66.4 Å². The van der Waals surface area contributed by atoms with Crippen molar-refractivity contribution in [1.29, 1.82) is 0 Å². The first-order valence-corrected chi connectivity index (χ1v) is 7.88. The molecule has 6 nitrogen and oxygen atoms in total. The van der Waals surface area contributed by atoms with Gasteiger partial charge in [-0.15, -0.1) is 0 Å². The number of hydrogen-bond acceptors (Lipinski definition) is 4. The zero-order valence-corrected chi connectivity index (χ0v) is 13.8. The second kappa shape index (κ2) is 8.34. The van der Waals surface area contributed by atoms with Crippen LogP contribution in [0.2, 0.25) is 0 Å². The highest BCUT2D eigenvalue weighted by Crippen LogP contribution is 2.14. The van der Waals surface area contributed by atoms with Gasteiger partial charge in [-0.05, 0) is 33.1 Å². The van der Waals surface area contributed by atoms with Crippen molar-refractivity contribution in [1.82, 2.24) is 15.1 Å². The monoisotopic (exact) mass is 298 g/mol. The summed E-state index contributed by atoms with van der Waals surface area (Å²) in [4.78, 5) is 27.9. The molecule has 1 aliphatic rings. The lowest BCUT2D eigenvalue weighted by Gasteiger charge is -2.35. The fourth-order valence-electron chi connectivity index (χ4n) is 2.60. The number of piperidine rings is 1. The van der Waals surface area contributed by atoms with Gasteiger partial charge in [0, 0.05) is 31.7 Å². The summed E-state index contributed by atoms with van der Waals surface area (Å²) in [5, 5.41) is 2.82. The molecule has 2 atom stereocenters. The van der Waals surface area contributed by atoms with Crippen molar-refractivity contribution in [3.8, 4) is 0 Å². The molecule has 0 bridgehead atoms. The zero-order valence-electron chi connectivity index (χ0n) is 13.8. The van der Waals surface area contributed by atoms with Crippen LogP contribution in [0.25, 0.3) is 0 Å². The van der Waals surface area contributed by atoms with Gasteiger partial charge < -0.3 is 16.0 Å². The van der Waals surface area contributed by atoms with Crippen LogP contribution in [0, 0.1) is 5.92 Å². The molecule has 0 radical (unpaired) electrons. The van der Waals surface area contributed by atoms with Gasteiger partial charge in [-0.3, -0.25) is 14.5 Å². The molecular weight excluding hydrogens is 268 g/mol. The minimum atomic E-state index is -0.103. The average molecular weight is 298 g/mol. The second-order valence-corrected chi connectivity index (χ2v) is 6.30. The van der Waals surface area contributed by atoms with Gasteiger partial charge in [0.1, 0.15) is 0 Å². The summed E-state index contributed by atoms with van der Waals surface area (Å²) in [6.45, 7) is 10.6. The maximum absolute atomic E-state index is 12.3. The van der Waals surface area contributed by atoms with E-state index in [0.29, 0.717) is 19.0 Å². The molecule has 1 rings (SSSR count). The van der Waals surface area contributed by atoms with Crippen molar-refractivity contribution < 1.29 is 9.59 Å². The molecule has 122 valence electrons. The molecule has 2 amide bonds. The van der Waals surface area contributed by atoms with Crippen LogP contribution in [0.15, 0.2) is 0 Å². The number of rotatable bonds is 6. The minimum Gasteiger partial charge on any atom is -0.352 e. The maximum Gasteiger partial charge on any atom is 0.239 e. The lowest BCUT2D eigenvalue weighted by atomic mass is 9.95. The zero-order chi connectivity index (χ0) is 16.0. The molecule has 0 aromatic heterocycles. The number of likely N-dealkylation sites (N-methyl/N-ethyl adjacent to an activating group) is 1. The molecule has 0 saturated carbocycles. The van der Waals surface area contributed by atoms with Gasteiger partial charge in [-0.25, -0.2) is 0 Å². The quantitative estimate of drug-likeness (QED) is 0.725. The molecule has 1 aliphatic heterocycles. The van der Waals surface area contributed by atoms with E-state index in [4.69, 9.17) is 5.73 Å². The highest BCUT2D eigenvalue weighted by atomic mass is 16.2. The van der Waals surface area contributed by atoms with E-state index in [2.05, 4.69) is 17.1 Å². The van der Waals surface area contributed by atoms with E-state index >= 15 is 0 Å². The summed E-state index contributed by atoms with van der Waals surface area (Å²) in [6.07, 6.45) is 0.925. The Morgan fingerprint density at radius 1 is 1.43 bits per heavy atom. The van der Waals surface area contributed by atoms with Crippen molar-refractivity contribution in [3.05, 3.63) is 0 Å². The van der Waals surface area contributed by atoms with E-state index in [1.807, 2.05) is 20.8 Å². The predicted octanol–water partition coefficient (Wildman–Crippen LogP) is 0.0286. The van der Waals surface area contributed by atoms with Gasteiger partial charge >= 0.3 is 0 Å². The van der Waals surface area contributed by atoms with Crippen LogP contribution in [0.4, 0.5) is 0 Å². The number of likely N-dealkylation sites (tertiary alicyclic amines) is 1. The first-order valence-electron chi connectivity index (χ1n) is 7.88. The summed E-state index contributed by atoms with van der Waals surface area (Å²) in [5.74, 6) is 0.319. The van der Waals surface area contributed by atoms with Crippen molar-refractivity contribution in [3.63, 3.8) is 0 Å². The van der Waals surface area contributed by atoms with Crippen LogP contribution in [0.3, 0.4) is 0 Å². The third kappa shape index (κ3) is 6.01. The molecule has 1 heterocycles. The molecule has 0 aromatic carbocycles. The van der Waals surface area contributed by atoms with Crippen LogP contribution in [0.1, 0.15) is 34.1 Å². The molecule has 6 heteroatoms. The fraction of sp³-hybridized carbons (Fsp3) is 0.867. The smallest absolute Gasteiger partial charge is 0.239 e. The first-order chi connectivity index (χ1) is 9.83. The summed E-state index contributed by atoms with van der Waals surface area (Å²) < 4.78 is 0. The van der Waals surface area contributed by atoms with E-state index in [1.165, 1.54) is 0 Å². The Morgan fingerprint density at radius 3 is 2.62 bits per heavy atom. The Kier molecular flexibility index (Phi) is 7.11. The second-order valence-electron chi connectivity index (χ2n) is 6.30. The summed E-state index contributed by atoms with van der Waals surface area (Å²) in [6, 6.07) is 0.325.